The van der Waals surface area contributed by atoms with Crippen molar-refractivity contribution < 1.29 is 14.3 Å². The summed E-state index contributed by atoms with van der Waals surface area (Å²) in [6.07, 6.45) is 0. The molecule has 0 atom stereocenters. The first kappa shape index (κ1) is 17.9. The van der Waals surface area contributed by atoms with Gasteiger partial charge in [0.15, 0.2) is 5.75 Å². The maximum Gasteiger partial charge on any atom is 0.308 e. The van der Waals surface area contributed by atoms with Gasteiger partial charge in [0.25, 0.3) is 0 Å². The van der Waals surface area contributed by atoms with Crippen molar-refractivity contribution in [2.24, 2.45) is 0 Å². The summed E-state index contributed by atoms with van der Waals surface area (Å²) in [5.74, 6) is 2.58. The molecule has 0 aliphatic heterocycles. The fourth-order valence-electron chi connectivity index (χ4n) is 2.32. The van der Waals surface area contributed by atoms with E-state index in [1.54, 1.807) is 12.1 Å². The number of benzene rings is 2. The van der Waals surface area contributed by atoms with Gasteiger partial charge in [-0.15, -0.1) is 0 Å². The Balaban J connectivity index is 1.91. The van der Waals surface area contributed by atoms with E-state index >= 15 is 0 Å². The van der Waals surface area contributed by atoms with Crippen molar-refractivity contribution in [3.8, 4) is 17.2 Å². The Hall–Kier alpha value is -1.86. The number of fused-ring (bicyclic) bond motifs is 1. The second-order valence-electron chi connectivity index (χ2n) is 5.87. The summed E-state index contributed by atoms with van der Waals surface area (Å²) in [7, 11) is 0. The van der Waals surface area contributed by atoms with Crippen LogP contribution in [0.5, 0.6) is 17.2 Å². The Labute approximate surface area is 162 Å². The Morgan fingerprint density at radius 2 is 1.80 bits per heavy atom. The Bertz CT molecular complexity index is 928. The zero-order chi connectivity index (χ0) is 18.1. The number of nitrogens with one attached hydrogen (secondary N) is 1. The van der Waals surface area contributed by atoms with Crippen LogP contribution in [-0.4, -0.2) is 15.9 Å². The highest BCUT2D eigenvalue weighted by atomic mass is 79.9. The van der Waals surface area contributed by atoms with Gasteiger partial charge >= 0.3 is 5.97 Å². The summed E-state index contributed by atoms with van der Waals surface area (Å²) in [4.78, 5) is 19.0. The maximum atomic E-state index is 11.1. The highest BCUT2D eigenvalue weighted by Gasteiger charge is 2.13. The lowest BCUT2D eigenvalue weighted by Gasteiger charge is -2.11. The fraction of sp³-hybridized carbons (Fsp3) is 0.222. The lowest BCUT2D eigenvalue weighted by atomic mass is 10.2. The van der Waals surface area contributed by atoms with Crippen LogP contribution in [-0.2, 0) is 4.79 Å². The molecule has 25 heavy (non-hydrogen) atoms. The van der Waals surface area contributed by atoms with E-state index in [9.17, 15) is 4.79 Å². The second kappa shape index (κ2) is 7.17. The average molecular weight is 468 g/mol. The van der Waals surface area contributed by atoms with E-state index in [-0.39, 0.29) is 5.97 Å². The molecule has 0 unspecified atom stereocenters. The summed E-state index contributed by atoms with van der Waals surface area (Å²) in [6, 6.07) is 9.08. The predicted molar refractivity (Wildman–Crippen MR) is 103 cm³/mol. The Morgan fingerprint density at radius 3 is 2.40 bits per heavy atom. The molecule has 0 bridgehead atoms. The summed E-state index contributed by atoms with van der Waals surface area (Å²) >= 11 is 6.90. The first-order chi connectivity index (χ1) is 11.8. The first-order valence-corrected chi connectivity index (χ1v) is 9.27. The van der Waals surface area contributed by atoms with Crippen LogP contribution < -0.4 is 9.47 Å². The number of aromatic amines is 1. The van der Waals surface area contributed by atoms with Gasteiger partial charge < -0.3 is 14.5 Å². The van der Waals surface area contributed by atoms with Gasteiger partial charge in [0, 0.05) is 18.9 Å². The topological polar surface area (TPSA) is 64.2 Å². The number of ether oxygens (including phenoxy) is 2. The smallest absolute Gasteiger partial charge is 0.308 e. The van der Waals surface area contributed by atoms with Crippen LogP contribution in [0.2, 0.25) is 0 Å². The minimum absolute atomic E-state index is 0.328. The number of hydrogen-bond donors (Lipinski definition) is 1. The molecular formula is C18H16Br2N2O3. The van der Waals surface area contributed by atoms with Crippen LogP contribution in [0, 0.1) is 0 Å². The molecule has 1 heterocycles. The Kier molecular flexibility index (Phi) is 5.15. The van der Waals surface area contributed by atoms with Crippen molar-refractivity contribution in [3.05, 3.63) is 45.1 Å². The molecule has 1 aromatic heterocycles. The number of rotatable bonds is 4. The normalized spacial score (nSPS) is 11.1. The van der Waals surface area contributed by atoms with E-state index in [2.05, 4.69) is 55.7 Å². The number of H-pyrrole nitrogens is 1. The minimum atomic E-state index is -0.377. The molecule has 0 fully saturated rings. The molecule has 130 valence electrons. The van der Waals surface area contributed by atoms with E-state index in [0.717, 1.165) is 16.9 Å². The first-order valence-electron chi connectivity index (χ1n) is 7.68. The van der Waals surface area contributed by atoms with E-state index in [1.807, 2.05) is 18.2 Å². The van der Waals surface area contributed by atoms with E-state index in [1.165, 1.54) is 6.92 Å². The fourth-order valence-corrected chi connectivity index (χ4v) is 3.63. The summed E-state index contributed by atoms with van der Waals surface area (Å²) < 4.78 is 12.4. The number of esters is 1. The van der Waals surface area contributed by atoms with Gasteiger partial charge in [0.2, 0.25) is 0 Å². The van der Waals surface area contributed by atoms with Crippen molar-refractivity contribution in [2.75, 3.05) is 0 Å². The van der Waals surface area contributed by atoms with Crippen LogP contribution >= 0.6 is 31.9 Å². The lowest BCUT2D eigenvalue weighted by Crippen LogP contribution is -2.01. The number of nitrogens with zero attached hydrogens (tertiary/aromatic N) is 1. The lowest BCUT2D eigenvalue weighted by molar-refractivity contribution is -0.131. The maximum absolute atomic E-state index is 11.1. The Morgan fingerprint density at radius 1 is 1.12 bits per heavy atom. The third kappa shape index (κ3) is 4.04. The molecule has 7 heteroatoms. The number of aromatic nitrogens is 2. The van der Waals surface area contributed by atoms with Gasteiger partial charge in [-0.2, -0.15) is 0 Å². The summed E-state index contributed by atoms with van der Waals surface area (Å²) in [5.41, 5.74) is 1.82. The number of hydrogen-bond acceptors (Lipinski definition) is 4. The monoisotopic (exact) mass is 466 g/mol. The molecule has 0 radical (unpaired) electrons. The van der Waals surface area contributed by atoms with Gasteiger partial charge in [-0.3, -0.25) is 4.79 Å². The number of carbonyl (C=O) groups excluding carboxylic acids is 1. The summed E-state index contributed by atoms with van der Waals surface area (Å²) in [6.45, 7) is 5.54. The highest BCUT2D eigenvalue weighted by Crippen LogP contribution is 2.40. The number of imidazole rings is 1. The van der Waals surface area contributed by atoms with Gasteiger partial charge in [-0.05, 0) is 56.1 Å². The molecular weight excluding hydrogens is 452 g/mol. The number of halogens is 2. The van der Waals surface area contributed by atoms with Gasteiger partial charge in [-0.25, -0.2) is 4.98 Å². The molecule has 0 aliphatic rings. The van der Waals surface area contributed by atoms with Crippen molar-refractivity contribution in [3.63, 3.8) is 0 Å². The van der Waals surface area contributed by atoms with Crippen molar-refractivity contribution in [1.82, 2.24) is 9.97 Å². The molecule has 0 saturated carbocycles. The van der Waals surface area contributed by atoms with Gasteiger partial charge in [0.1, 0.15) is 17.3 Å². The van der Waals surface area contributed by atoms with Crippen LogP contribution in [0.15, 0.2) is 39.3 Å². The second-order valence-corrected chi connectivity index (χ2v) is 7.58. The molecule has 0 saturated heterocycles. The highest BCUT2D eigenvalue weighted by molar-refractivity contribution is 9.11. The third-order valence-electron chi connectivity index (χ3n) is 3.47. The van der Waals surface area contributed by atoms with E-state index in [4.69, 9.17) is 9.47 Å². The van der Waals surface area contributed by atoms with Crippen molar-refractivity contribution >= 4 is 48.9 Å². The zero-order valence-corrected chi connectivity index (χ0v) is 17.1. The quantitative estimate of drug-likeness (QED) is 0.381. The van der Waals surface area contributed by atoms with Crippen LogP contribution in [0.3, 0.4) is 0 Å². The third-order valence-corrected chi connectivity index (χ3v) is 4.65. The van der Waals surface area contributed by atoms with Crippen LogP contribution in [0.4, 0.5) is 0 Å². The molecule has 0 spiro atoms. The van der Waals surface area contributed by atoms with E-state index < -0.39 is 0 Å². The van der Waals surface area contributed by atoms with Crippen LogP contribution in [0.25, 0.3) is 11.0 Å². The van der Waals surface area contributed by atoms with E-state index in [0.29, 0.717) is 32.1 Å². The average Bonchev–Trinajstić information content (AvgIpc) is 2.94. The molecule has 0 aliphatic carbocycles. The summed E-state index contributed by atoms with van der Waals surface area (Å²) in [5, 5.41) is 0. The van der Waals surface area contributed by atoms with Crippen LogP contribution in [0.1, 0.15) is 32.5 Å². The predicted octanol–water partition coefficient (Wildman–Crippen LogP) is 5.93. The molecule has 3 aromatic rings. The molecule has 0 amide bonds. The molecule has 1 N–H and O–H groups in total. The molecule has 5 nitrogen and oxygen atoms in total. The van der Waals surface area contributed by atoms with Gasteiger partial charge in [-0.1, -0.05) is 13.8 Å². The molecule has 3 rings (SSSR count). The standard InChI is InChI=1S/C18H16Br2N2O3/c1-9(2)18-21-15-5-4-11(8-16(15)22-18)25-17-13(19)6-12(7-14(17)20)24-10(3)23/h4-9H,1-3H3,(H,21,22). The molecule has 2 aromatic carbocycles. The van der Waals surface area contributed by atoms with Crippen molar-refractivity contribution in [1.29, 1.82) is 0 Å². The minimum Gasteiger partial charge on any atom is -0.455 e. The number of carbonyl (C=O) groups is 1. The largest absolute Gasteiger partial charge is 0.455 e. The van der Waals surface area contributed by atoms with Crippen molar-refractivity contribution in [2.45, 2.75) is 26.7 Å². The van der Waals surface area contributed by atoms with Gasteiger partial charge in [0.05, 0.1) is 20.0 Å². The SMILES string of the molecule is CC(=O)Oc1cc(Br)c(Oc2ccc3[nH]c(C(C)C)nc3c2)c(Br)c1. The zero-order valence-electron chi connectivity index (χ0n) is 13.9.